The number of anilines is 9. The van der Waals surface area contributed by atoms with Crippen molar-refractivity contribution in [2.24, 2.45) is 0 Å². The average Bonchev–Trinajstić information content (AvgIpc) is 1.69. The van der Waals surface area contributed by atoms with Gasteiger partial charge in [0.1, 0.15) is 0 Å². The van der Waals surface area contributed by atoms with Crippen LogP contribution in [0.3, 0.4) is 0 Å². The Kier molecular flexibility index (Phi) is 16.1. The second kappa shape index (κ2) is 30.2. The maximum absolute atomic E-state index is 10.3. The van der Waals surface area contributed by atoms with E-state index in [2.05, 4.69) is 382 Å². The van der Waals surface area contributed by atoms with Crippen LogP contribution in [0.15, 0.2) is 352 Å². The van der Waals surface area contributed by atoms with Gasteiger partial charge in [0.25, 0.3) is 6.71 Å². The van der Waals surface area contributed by atoms with E-state index in [4.69, 9.17) is 5.48 Å². The van der Waals surface area contributed by atoms with Crippen LogP contribution < -0.4 is 31.1 Å². The van der Waals surface area contributed by atoms with E-state index in [9.17, 15) is 12.3 Å². The van der Waals surface area contributed by atoms with E-state index in [1.54, 1.807) is 29.2 Å². The van der Waals surface area contributed by atoms with Crippen molar-refractivity contribution in [3.8, 4) is 67.0 Å². The van der Waals surface area contributed by atoms with Crippen LogP contribution in [-0.4, -0.2) is 15.8 Å². The van der Waals surface area contributed by atoms with Crippen LogP contribution in [-0.2, 0) is 32.5 Å². The third kappa shape index (κ3) is 14.1. The van der Waals surface area contributed by atoms with Gasteiger partial charge in [-0.25, -0.2) is 0 Å². The van der Waals surface area contributed by atoms with Crippen molar-refractivity contribution in [1.29, 1.82) is 0 Å². The highest BCUT2D eigenvalue weighted by Crippen LogP contribution is 2.57. The minimum atomic E-state index is -0.626. The summed E-state index contributed by atoms with van der Waals surface area (Å²) in [5, 5.41) is 2.03. The molecular formula is C120H112BN5. The molecule has 2 aromatic heterocycles. The largest absolute Gasteiger partial charge is 0.310 e. The van der Waals surface area contributed by atoms with Crippen LogP contribution in [0.5, 0.6) is 0 Å². The first kappa shape index (κ1) is 67.1. The maximum atomic E-state index is 10.3. The minimum Gasteiger partial charge on any atom is -0.310 e. The molecule has 4 heterocycles. The molecule has 0 N–H and O–H groups in total. The lowest BCUT2D eigenvalue weighted by atomic mass is 9.33. The van der Waals surface area contributed by atoms with Crippen molar-refractivity contribution in [1.82, 2.24) is 9.13 Å². The van der Waals surface area contributed by atoms with E-state index in [1.807, 2.05) is 6.07 Å². The van der Waals surface area contributed by atoms with Gasteiger partial charge in [0.2, 0.25) is 0 Å². The first-order valence-electron chi connectivity index (χ1n) is 50.6. The molecule has 0 atom stereocenters. The fraction of sp³-hybridized carbons (Fsp3) is 0.200. The summed E-state index contributed by atoms with van der Waals surface area (Å²) in [6, 6.07) is 92.0. The lowest BCUT2D eigenvalue weighted by molar-refractivity contribution is 0.569. The van der Waals surface area contributed by atoms with Gasteiger partial charge in [-0.1, -0.05) is 349 Å². The summed E-state index contributed by atoms with van der Waals surface area (Å²) in [7, 11) is 0. The van der Waals surface area contributed by atoms with Gasteiger partial charge in [-0.3, -0.25) is 0 Å². The lowest BCUT2D eigenvalue weighted by Gasteiger charge is -2.46. The molecule has 0 bridgehead atoms. The fourth-order valence-electron chi connectivity index (χ4n) is 18.9. The van der Waals surface area contributed by atoms with Gasteiger partial charge >= 0.3 is 0 Å². The molecule has 620 valence electrons. The zero-order valence-corrected chi connectivity index (χ0v) is 75.3. The summed E-state index contributed by atoms with van der Waals surface area (Å²) < 4.78 is 127. The second-order valence-electron chi connectivity index (χ2n) is 40.5. The smallest absolute Gasteiger partial charge is 0.252 e. The quantitative estimate of drug-likeness (QED) is 0.114. The van der Waals surface area contributed by atoms with Crippen LogP contribution in [0.2, 0.25) is 0 Å². The average molecular weight is 1650 g/mol. The maximum Gasteiger partial charge on any atom is 0.252 e. The van der Waals surface area contributed by atoms with E-state index in [-0.39, 0.29) is 60.3 Å². The summed E-state index contributed by atoms with van der Waals surface area (Å²) in [4.78, 5) is 6.81. The molecular weight excluding hydrogens is 1520 g/mol. The molecule has 2 aliphatic heterocycles. The standard InChI is InChI=1S/C120H112BN5/c1-115(2,3)83-53-62-106-100(68-83)101-69-84(116(4,5)6)54-63-107(101)124(106)93-75-110-112-111(76-93)126(114-98(79-42-28-21-29-43-79)72-88(120(16,17)18)73-99(114)80-44-30-22-31-45-80)109-74-92(122(89-46-32-23-33-47-89)90-55-57-91(58-56-90)123-104-50-36-34-48-94(104)95-49-35-37-51-105(95)123)59-61-103(109)121(112)102-60-52-81(82-64-85(117(7,8)9)67-86(65-82)118(10,11)12)66-108(102)125(110)113-96(77-38-24-19-25-39-77)70-87(119(13,14)15)71-97(113)78-40-26-20-27-41-78/h19-76H,1-18H3/i23D,32D,33D,34D,35D,36D,37D,46D,47D,48D,49D,50D,51D. The molecule has 0 radical (unpaired) electrons. The highest BCUT2D eigenvalue weighted by Gasteiger charge is 2.47. The molecule has 0 saturated carbocycles. The minimum absolute atomic E-state index is 0.0767. The van der Waals surface area contributed by atoms with Crippen molar-refractivity contribution >= 4 is 118 Å². The first-order chi connectivity index (χ1) is 65.7. The van der Waals surface area contributed by atoms with Crippen molar-refractivity contribution in [2.45, 2.75) is 157 Å². The SMILES string of the molecule is [2H]c1c([2H])c([2H])c(N(c2ccc(-n3c4c([2H])c([2H])c([2H])c([2H])c4c4c([2H])c([2H])c([2H])c([2H])c43)cc2)c2ccc3c(c2)N(c2c(-c4ccccc4)cc(C(C)(C)C)cc2-c2ccccc2)c2cc(-n4c5ccc(C(C)(C)C)cc5c5cc(C(C)(C)C)ccc54)cc4c2B3c2ccc(-c3cc(C(C)(C)C)cc(C(C)(C)C)c3)cc2N4c2c(-c3ccccc3)cc(C(C)(C)C)cc2-c2ccccc2)c([2H])c1[2H]. The first-order valence-corrected chi connectivity index (χ1v) is 44.1. The number of rotatable bonds is 12. The summed E-state index contributed by atoms with van der Waals surface area (Å²) in [5.74, 6) is 0. The molecule has 2 aliphatic rings. The molecule has 0 unspecified atom stereocenters. The zero-order valence-electron chi connectivity index (χ0n) is 88.3. The second-order valence-corrected chi connectivity index (χ2v) is 40.5. The molecule has 16 aromatic carbocycles. The lowest BCUT2D eigenvalue weighted by Crippen LogP contribution is -2.61. The van der Waals surface area contributed by atoms with Gasteiger partial charge in [0.15, 0.2) is 0 Å². The molecule has 6 heteroatoms. The van der Waals surface area contributed by atoms with E-state index in [1.165, 1.54) is 26.8 Å². The number of hydrogen-bond acceptors (Lipinski definition) is 3. The van der Waals surface area contributed by atoms with Crippen molar-refractivity contribution in [3.05, 3.63) is 385 Å². The highest BCUT2D eigenvalue weighted by molar-refractivity contribution is 7.00. The molecule has 18 aromatic rings. The predicted molar refractivity (Wildman–Crippen MR) is 543 cm³/mol. The Balaban J connectivity index is 0.996. The number of para-hydroxylation sites is 3. The Hall–Kier alpha value is -13.4. The Morgan fingerprint density at radius 1 is 0.246 bits per heavy atom. The van der Waals surface area contributed by atoms with Gasteiger partial charge in [0, 0.05) is 89.3 Å². The van der Waals surface area contributed by atoms with Crippen molar-refractivity contribution in [2.75, 3.05) is 14.7 Å². The summed E-state index contributed by atoms with van der Waals surface area (Å²) >= 11 is 0. The fourth-order valence-corrected chi connectivity index (χ4v) is 18.9. The molecule has 0 fully saturated rings. The number of hydrogen-bond donors (Lipinski definition) is 0. The van der Waals surface area contributed by atoms with E-state index in [0.717, 1.165) is 139 Å². The van der Waals surface area contributed by atoms with Gasteiger partial charge in [-0.15, -0.1) is 0 Å². The van der Waals surface area contributed by atoms with Crippen LogP contribution in [0.25, 0.3) is 111 Å². The van der Waals surface area contributed by atoms with E-state index in [0.29, 0.717) is 17.1 Å². The van der Waals surface area contributed by atoms with Crippen molar-refractivity contribution < 1.29 is 17.8 Å². The van der Waals surface area contributed by atoms with Gasteiger partial charge in [-0.05, 0) is 243 Å². The number of aromatic nitrogens is 2. The Morgan fingerprint density at radius 3 is 1.02 bits per heavy atom. The summed E-state index contributed by atoms with van der Waals surface area (Å²) in [5.41, 5.74) is 26.7. The van der Waals surface area contributed by atoms with Gasteiger partial charge in [-0.2, -0.15) is 0 Å². The monoisotopic (exact) mass is 1650 g/mol. The normalized spacial score (nSPS) is 14.6. The van der Waals surface area contributed by atoms with Crippen molar-refractivity contribution in [3.63, 3.8) is 0 Å². The molecule has 0 spiro atoms. The highest BCUT2D eigenvalue weighted by atomic mass is 15.2. The Morgan fingerprint density at radius 2 is 0.611 bits per heavy atom. The van der Waals surface area contributed by atoms with Crippen LogP contribution in [0.1, 0.15) is 176 Å². The summed E-state index contributed by atoms with van der Waals surface area (Å²) in [6.45, 7) is 40.5. The Bertz CT molecular complexity index is 7820. The Labute approximate surface area is 764 Å². The third-order valence-corrected chi connectivity index (χ3v) is 25.9. The molecule has 5 nitrogen and oxygen atoms in total. The molecule has 20 rings (SSSR count). The number of fused-ring (bicyclic) bond motifs is 10. The zero-order chi connectivity index (χ0) is 98.7. The van der Waals surface area contributed by atoms with Crippen LogP contribution in [0.4, 0.5) is 51.2 Å². The molecule has 0 saturated heterocycles. The number of nitrogens with zero attached hydrogens (tertiary/aromatic N) is 5. The molecule has 0 aliphatic carbocycles. The third-order valence-electron chi connectivity index (χ3n) is 25.9. The van der Waals surface area contributed by atoms with Gasteiger partial charge < -0.3 is 23.8 Å². The van der Waals surface area contributed by atoms with E-state index < -0.39 is 90.7 Å². The van der Waals surface area contributed by atoms with Crippen LogP contribution in [0, 0.1) is 0 Å². The van der Waals surface area contributed by atoms with Gasteiger partial charge in [0.05, 0.1) is 56.9 Å². The molecule has 126 heavy (non-hydrogen) atoms. The summed E-state index contributed by atoms with van der Waals surface area (Å²) in [6.07, 6.45) is 0. The predicted octanol–water partition coefficient (Wildman–Crippen LogP) is 31.6. The number of benzene rings is 16. The van der Waals surface area contributed by atoms with Crippen LogP contribution >= 0.6 is 0 Å². The van der Waals surface area contributed by atoms with E-state index >= 15 is 0 Å². The molecule has 0 amide bonds. The topological polar surface area (TPSA) is 19.6 Å².